The predicted molar refractivity (Wildman–Crippen MR) is 130 cm³/mol. The highest BCUT2D eigenvalue weighted by atomic mass is 16.5. The van der Waals surface area contributed by atoms with Crippen LogP contribution in [0.25, 0.3) is 5.57 Å². The Kier molecular flexibility index (Phi) is 6.18. The number of hydrogen-bond acceptors (Lipinski definition) is 5. The number of methoxy groups -OCH3 is 2. The molecule has 168 valence electrons. The van der Waals surface area contributed by atoms with Gasteiger partial charge in [-0.15, -0.1) is 0 Å². The summed E-state index contributed by atoms with van der Waals surface area (Å²) in [5.41, 5.74) is 3.18. The molecule has 6 nitrogen and oxygen atoms in total. The Morgan fingerprint density at radius 3 is 2.00 bits per heavy atom. The quantitative estimate of drug-likeness (QED) is 0.508. The molecule has 0 bridgehead atoms. The molecular formula is C27H26N2O4. The summed E-state index contributed by atoms with van der Waals surface area (Å²) < 4.78 is 10.9. The molecule has 4 rings (SSSR count). The van der Waals surface area contributed by atoms with Crippen LogP contribution >= 0.6 is 0 Å². The van der Waals surface area contributed by atoms with Gasteiger partial charge in [-0.25, -0.2) is 4.90 Å². The van der Waals surface area contributed by atoms with E-state index < -0.39 is 11.8 Å². The molecule has 0 unspecified atom stereocenters. The lowest BCUT2D eigenvalue weighted by Crippen LogP contribution is -2.32. The van der Waals surface area contributed by atoms with E-state index in [9.17, 15) is 9.59 Å². The standard InChI is InChI=1S/C27H26N2O4/c1-17(2)18-13-15-19(16-14-18)29-26(30)24(20-9-5-7-11-22(20)32-3)25(27(29)31)28-21-10-6-8-12-23(21)33-4/h5-17,28H,1-4H3. The molecule has 0 saturated carbocycles. The Morgan fingerprint density at radius 1 is 0.758 bits per heavy atom. The topological polar surface area (TPSA) is 67.9 Å². The molecule has 1 aliphatic heterocycles. The van der Waals surface area contributed by atoms with Gasteiger partial charge in [-0.1, -0.05) is 56.3 Å². The van der Waals surface area contributed by atoms with Crippen LogP contribution in [0.3, 0.4) is 0 Å². The maximum absolute atomic E-state index is 13.7. The molecule has 0 fully saturated rings. The van der Waals surface area contributed by atoms with Crippen molar-refractivity contribution in [3.63, 3.8) is 0 Å². The maximum atomic E-state index is 13.7. The first-order valence-corrected chi connectivity index (χ1v) is 10.7. The minimum absolute atomic E-state index is 0.168. The summed E-state index contributed by atoms with van der Waals surface area (Å²) in [7, 11) is 3.09. The first-order chi connectivity index (χ1) is 16.0. The van der Waals surface area contributed by atoms with Gasteiger partial charge in [0.05, 0.1) is 31.2 Å². The maximum Gasteiger partial charge on any atom is 0.282 e. The average Bonchev–Trinajstić information content (AvgIpc) is 3.08. The third kappa shape index (κ3) is 4.07. The van der Waals surface area contributed by atoms with Crippen molar-refractivity contribution in [2.75, 3.05) is 24.4 Å². The van der Waals surface area contributed by atoms with Gasteiger partial charge in [-0.2, -0.15) is 0 Å². The molecule has 2 amide bonds. The molecule has 0 radical (unpaired) electrons. The van der Waals surface area contributed by atoms with Crippen LogP contribution in [0.4, 0.5) is 11.4 Å². The number of carbonyl (C=O) groups excluding carboxylic acids is 2. The molecule has 0 atom stereocenters. The van der Waals surface area contributed by atoms with Gasteiger partial charge in [0.25, 0.3) is 11.8 Å². The number of benzene rings is 3. The van der Waals surface area contributed by atoms with Gasteiger partial charge in [0.2, 0.25) is 0 Å². The van der Waals surface area contributed by atoms with E-state index in [-0.39, 0.29) is 11.3 Å². The first kappa shape index (κ1) is 22.1. The van der Waals surface area contributed by atoms with Crippen molar-refractivity contribution < 1.29 is 19.1 Å². The van der Waals surface area contributed by atoms with Crippen LogP contribution in [-0.2, 0) is 9.59 Å². The third-order valence-electron chi connectivity index (χ3n) is 5.64. The number of rotatable bonds is 7. The minimum atomic E-state index is -0.441. The van der Waals surface area contributed by atoms with Crippen molar-refractivity contribution in [2.45, 2.75) is 19.8 Å². The number of hydrogen-bond donors (Lipinski definition) is 1. The van der Waals surface area contributed by atoms with Crippen LogP contribution in [-0.4, -0.2) is 26.0 Å². The van der Waals surface area contributed by atoms with E-state index in [0.29, 0.717) is 34.4 Å². The number of amides is 2. The Hall–Kier alpha value is -4.06. The van der Waals surface area contributed by atoms with Crippen molar-refractivity contribution in [3.8, 4) is 11.5 Å². The van der Waals surface area contributed by atoms with Crippen molar-refractivity contribution in [1.82, 2.24) is 0 Å². The Morgan fingerprint density at radius 2 is 1.36 bits per heavy atom. The number of para-hydroxylation sites is 3. The van der Waals surface area contributed by atoms with Gasteiger partial charge in [0.15, 0.2) is 0 Å². The van der Waals surface area contributed by atoms with Gasteiger partial charge in [0.1, 0.15) is 17.2 Å². The average molecular weight is 443 g/mol. The van der Waals surface area contributed by atoms with Crippen LogP contribution in [0.2, 0.25) is 0 Å². The molecule has 6 heteroatoms. The summed E-state index contributed by atoms with van der Waals surface area (Å²) in [4.78, 5) is 28.5. The fourth-order valence-corrected chi connectivity index (χ4v) is 3.87. The molecule has 1 heterocycles. The highest BCUT2D eigenvalue weighted by Gasteiger charge is 2.41. The molecule has 1 N–H and O–H groups in total. The monoisotopic (exact) mass is 442 g/mol. The van der Waals surface area contributed by atoms with Gasteiger partial charge < -0.3 is 14.8 Å². The van der Waals surface area contributed by atoms with E-state index in [1.807, 2.05) is 36.4 Å². The number of imide groups is 1. The molecule has 0 saturated heterocycles. The molecule has 0 aliphatic carbocycles. The first-order valence-electron chi connectivity index (χ1n) is 10.7. The van der Waals surface area contributed by atoms with Crippen LogP contribution in [0.1, 0.15) is 30.9 Å². The van der Waals surface area contributed by atoms with Crippen molar-refractivity contribution in [3.05, 3.63) is 89.6 Å². The van der Waals surface area contributed by atoms with E-state index in [2.05, 4.69) is 19.2 Å². The second-order valence-electron chi connectivity index (χ2n) is 7.97. The van der Waals surface area contributed by atoms with Crippen molar-refractivity contribution in [1.29, 1.82) is 0 Å². The number of carbonyl (C=O) groups is 2. The Labute approximate surface area is 193 Å². The van der Waals surface area contributed by atoms with E-state index >= 15 is 0 Å². The highest BCUT2D eigenvalue weighted by Crippen LogP contribution is 2.38. The van der Waals surface area contributed by atoms with Crippen LogP contribution in [0.5, 0.6) is 11.5 Å². The Balaban J connectivity index is 1.84. The summed E-state index contributed by atoms with van der Waals surface area (Å²) in [6, 6.07) is 21.9. The van der Waals surface area contributed by atoms with Crippen molar-refractivity contribution in [2.24, 2.45) is 0 Å². The normalized spacial score (nSPS) is 13.7. The second-order valence-corrected chi connectivity index (χ2v) is 7.97. The number of anilines is 2. The molecule has 33 heavy (non-hydrogen) atoms. The van der Waals surface area contributed by atoms with Crippen LogP contribution < -0.4 is 19.7 Å². The lowest BCUT2D eigenvalue weighted by Gasteiger charge is -2.17. The summed E-state index contributed by atoms with van der Waals surface area (Å²) in [5.74, 6) is 0.548. The largest absolute Gasteiger partial charge is 0.496 e. The molecule has 0 aromatic heterocycles. The Bertz CT molecular complexity index is 1230. The lowest BCUT2D eigenvalue weighted by molar-refractivity contribution is -0.120. The van der Waals surface area contributed by atoms with Crippen LogP contribution in [0.15, 0.2) is 78.5 Å². The molecule has 3 aromatic carbocycles. The van der Waals surface area contributed by atoms with E-state index in [1.54, 1.807) is 43.5 Å². The number of nitrogens with one attached hydrogen (secondary N) is 1. The fraction of sp³-hybridized carbons (Fsp3) is 0.185. The van der Waals surface area contributed by atoms with Gasteiger partial charge in [0, 0.05) is 5.56 Å². The summed E-state index contributed by atoms with van der Waals surface area (Å²) in [6.07, 6.45) is 0. The molecule has 1 aliphatic rings. The summed E-state index contributed by atoms with van der Waals surface area (Å²) in [6.45, 7) is 4.19. The van der Waals surface area contributed by atoms with Gasteiger partial charge >= 0.3 is 0 Å². The highest BCUT2D eigenvalue weighted by molar-refractivity contribution is 6.46. The lowest BCUT2D eigenvalue weighted by atomic mass is 10.0. The summed E-state index contributed by atoms with van der Waals surface area (Å²) in [5, 5.41) is 3.16. The van der Waals surface area contributed by atoms with Crippen molar-refractivity contribution >= 4 is 28.8 Å². The number of nitrogens with zero attached hydrogens (tertiary/aromatic N) is 1. The SMILES string of the molecule is COc1ccccc1NC1=C(c2ccccc2OC)C(=O)N(c2ccc(C(C)C)cc2)C1=O. The van der Waals surface area contributed by atoms with E-state index in [0.717, 1.165) is 5.56 Å². The predicted octanol–water partition coefficient (Wildman–Crippen LogP) is 5.22. The molecule has 0 spiro atoms. The van der Waals surface area contributed by atoms with E-state index in [4.69, 9.17) is 9.47 Å². The zero-order valence-corrected chi connectivity index (χ0v) is 19.1. The summed E-state index contributed by atoms with van der Waals surface area (Å²) >= 11 is 0. The molecule has 3 aromatic rings. The smallest absolute Gasteiger partial charge is 0.282 e. The molecular weight excluding hydrogens is 416 g/mol. The fourth-order valence-electron chi connectivity index (χ4n) is 3.87. The number of ether oxygens (including phenoxy) is 2. The van der Waals surface area contributed by atoms with Gasteiger partial charge in [-0.3, -0.25) is 9.59 Å². The zero-order valence-electron chi connectivity index (χ0n) is 19.1. The third-order valence-corrected chi connectivity index (χ3v) is 5.64. The zero-order chi connectivity index (χ0) is 23.5. The minimum Gasteiger partial charge on any atom is -0.496 e. The van der Waals surface area contributed by atoms with Crippen LogP contribution in [0, 0.1) is 0 Å². The second kappa shape index (κ2) is 9.20. The van der Waals surface area contributed by atoms with E-state index in [1.165, 1.54) is 12.0 Å². The van der Waals surface area contributed by atoms with Gasteiger partial charge in [-0.05, 0) is 41.8 Å².